The predicted molar refractivity (Wildman–Crippen MR) is 81.0 cm³/mol. The van der Waals surface area contributed by atoms with Gasteiger partial charge in [-0.2, -0.15) is 0 Å². The van der Waals surface area contributed by atoms with Crippen molar-refractivity contribution in [3.8, 4) is 12.3 Å². The molecule has 0 spiro atoms. The van der Waals surface area contributed by atoms with E-state index in [-0.39, 0.29) is 6.10 Å². The average molecular weight is 284 g/mol. The Morgan fingerprint density at radius 3 is 2.81 bits per heavy atom. The van der Waals surface area contributed by atoms with Gasteiger partial charge in [0.15, 0.2) is 0 Å². The fourth-order valence-corrected chi connectivity index (χ4v) is 3.25. The first-order valence-corrected chi connectivity index (χ1v) is 7.42. The van der Waals surface area contributed by atoms with E-state index in [1.807, 2.05) is 19.1 Å². The molecule has 110 valence electrons. The number of oxazole rings is 1. The first-order chi connectivity index (χ1) is 10.3. The molecule has 1 aliphatic heterocycles. The Kier molecular flexibility index (Phi) is 4.12. The molecule has 4 nitrogen and oxygen atoms in total. The van der Waals surface area contributed by atoms with Gasteiger partial charge < -0.3 is 14.5 Å². The summed E-state index contributed by atoms with van der Waals surface area (Å²) in [5, 5.41) is 3.44. The number of nitrogens with one attached hydrogen (secondary N) is 1. The second kappa shape index (κ2) is 6.19. The lowest BCUT2D eigenvalue weighted by molar-refractivity contribution is 0.123. The number of aromatic nitrogens is 1. The van der Waals surface area contributed by atoms with Crippen molar-refractivity contribution in [2.45, 2.75) is 25.9 Å². The summed E-state index contributed by atoms with van der Waals surface area (Å²) in [6.45, 7) is 4.20. The smallest absolute Gasteiger partial charge is 0.234 e. The van der Waals surface area contributed by atoms with Crippen LogP contribution in [0.15, 0.2) is 34.8 Å². The minimum absolute atomic E-state index is 0.285. The van der Waals surface area contributed by atoms with Gasteiger partial charge in [0.1, 0.15) is 12.0 Å². The molecule has 2 fully saturated rings. The lowest BCUT2D eigenvalue weighted by atomic mass is 10.0. The highest BCUT2D eigenvalue weighted by Gasteiger charge is 2.38. The number of nitrogens with zero attached hydrogens (tertiary/aromatic N) is 1. The second-order valence-electron chi connectivity index (χ2n) is 5.62. The topological polar surface area (TPSA) is 47.3 Å². The van der Waals surface area contributed by atoms with Crippen LogP contribution < -0.4 is 5.32 Å². The van der Waals surface area contributed by atoms with Crippen LogP contribution in [0.4, 0.5) is 0 Å². The molecule has 1 aromatic rings. The molecule has 1 N–H and O–H groups in total. The Balaban J connectivity index is 1.67. The quantitative estimate of drug-likeness (QED) is 0.524. The summed E-state index contributed by atoms with van der Waals surface area (Å²) >= 11 is 0. The van der Waals surface area contributed by atoms with Gasteiger partial charge in [-0.25, -0.2) is 4.98 Å². The molecule has 3 rings (SSSR count). The Bertz CT molecular complexity index is 568. The minimum Gasteiger partial charge on any atom is -0.491 e. The number of allylic oxidation sites excluding steroid dienone is 3. The molecule has 4 heteroatoms. The molecule has 1 aliphatic carbocycles. The summed E-state index contributed by atoms with van der Waals surface area (Å²) < 4.78 is 11.4. The third-order valence-corrected chi connectivity index (χ3v) is 4.30. The lowest BCUT2D eigenvalue weighted by Crippen LogP contribution is -2.16. The highest BCUT2D eigenvalue weighted by Crippen LogP contribution is 2.37. The van der Waals surface area contributed by atoms with E-state index >= 15 is 0 Å². The van der Waals surface area contributed by atoms with Crippen molar-refractivity contribution in [1.29, 1.82) is 0 Å². The number of hydrogen-bond acceptors (Lipinski definition) is 4. The summed E-state index contributed by atoms with van der Waals surface area (Å²) in [6, 6.07) is 0. The van der Waals surface area contributed by atoms with Crippen molar-refractivity contribution >= 4 is 5.57 Å². The SMILES string of the molecule is C#C/C(=C\C(=C/C)O[C@@H]1C[C@H]2CNC[C@H]2C1)c1ncco1. The van der Waals surface area contributed by atoms with Crippen molar-refractivity contribution in [3.05, 3.63) is 36.3 Å². The van der Waals surface area contributed by atoms with Crippen LogP contribution in [0.3, 0.4) is 0 Å². The molecule has 0 unspecified atom stereocenters. The van der Waals surface area contributed by atoms with E-state index in [9.17, 15) is 0 Å². The summed E-state index contributed by atoms with van der Waals surface area (Å²) in [6.07, 6.45) is 14.9. The van der Waals surface area contributed by atoms with Gasteiger partial charge in [0, 0.05) is 6.08 Å². The van der Waals surface area contributed by atoms with Crippen LogP contribution in [0.2, 0.25) is 0 Å². The standard InChI is InChI=1S/C17H20N2O2/c1-3-12(17-19-5-6-20-17)7-15(4-2)21-16-8-13-10-18-11-14(13)9-16/h1,4-7,13-14,16,18H,8-11H2,2H3/b12-7+,15-4+/t13-,14+,16+. The zero-order valence-corrected chi connectivity index (χ0v) is 12.2. The number of hydrogen-bond donors (Lipinski definition) is 1. The number of rotatable bonds is 4. The highest BCUT2D eigenvalue weighted by atomic mass is 16.5. The Hall–Kier alpha value is -1.99. The number of fused-ring (bicyclic) bond motifs is 1. The van der Waals surface area contributed by atoms with E-state index in [0.29, 0.717) is 11.5 Å². The summed E-state index contributed by atoms with van der Waals surface area (Å²) in [5.74, 6) is 5.37. The van der Waals surface area contributed by atoms with Gasteiger partial charge in [-0.05, 0) is 50.8 Å². The summed E-state index contributed by atoms with van der Waals surface area (Å²) in [5.41, 5.74) is 0.605. The van der Waals surface area contributed by atoms with Gasteiger partial charge in [0.05, 0.1) is 17.9 Å². The van der Waals surface area contributed by atoms with E-state index in [2.05, 4.69) is 16.2 Å². The zero-order valence-electron chi connectivity index (χ0n) is 12.2. The molecule has 1 aromatic heterocycles. The summed E-state index contributed by atoms with van der Waals surface area (Å²) in [7, 11) is 0. The molecule has 0 amide bonds. The maximum absolute atomic E-state index is 6.12. The fourth-order valence-electron chi connectivity index (χ4n) is 3.25. The van der Waals surface area contributed by atoms with Crippen molar-refractivity contribution in [2.75, 3.05) is 13.1 Å². The van der Waals surface area contributed by atoms with Crippen LogP contribution in [0.5, 0.6) is 0 Å². The minimum atomic E-state index is 0.285. The molecular formula is C17H20N2O2. The molecule has 0 aromatic carbocycles. The van der Waals surface area contributed by atoms with E-state index in [1.54, 1.807) is 6.20 Å². The van der Waals surface area contributed by atoms with E-state index < -0.39 is 0 Å². The maximum atomic E-state index is 6.12. The largest absolute Gasteiger partial charge is 0.491 e. The van der Waals surface area contributed by atoms with Crippen LogP contribution >= 0.6 is 0 Å². The van der Waals surface area contributed by atoms with Crippen LogP contribution in [-0.2, 0) is 4.74 Å². The van der Waals surface area contributed by atoms with Gasteiger partial charge in [-0.1, -0.05) is 5.92 Å². The molecule has 21 heavy (non-hydrogen) atoms. The molecule has 0 bridgehead atoms. The van der Waals surface area contributed by atoms with Gasteiger partial charge in [-0.3, -0.25) is 0 Å². The van der Waals surface area contributed by atoms with Crippen LogP contribution in [0, 0.1) is 24.2 Å². The van der Waals surface area contributed by atoms with E-state index in [1.165, 1.54) is 6.26 Å². The first-order valence-electron chi connectivity index (χ1n) is 7.42. The molecular weight excluding hydrogens is 264 g/mol. The number of terminal acetylenes is 1. The second-order valence-corrected chi connectivity index (χ2v) is 5.62. The summed E-state index contributed by atoms with van der Waals surface area (Å²) in [4.78, 5) is 4.08. The highest BCUT2D eigenvalue weighted by molar-refractivity contribution is 5.75. The normalized spacial score (nSPS) is 29.2. The third-order valence-electron chi connectivity index (χ3n) is 4.30. The Morgan fingerprint density at radius 2 is 2.24 bits per heavy atom. The van der Waals surface area contributed by atoms with Crippen LogP contribution in [0.1, 0.15) is 25.7 Å². The predicted octanol–water partition coefficient (Wildman–Crippen LogP) is 2.61. The average Bonchev–Trinajstić information content (AvgIpc) is 3.19. The molecule has 0 radical (unpaired) electrons. The molecule has 2 aliphatic rings. The fraction of sp³-hybridized carbons (Fsp3) is 0.471. The van der Waals surface area contributed by atoms with Gasteiger partial charge >= 0.3 is 0 Å². The van der Waals surface area contributed by atoms with Crippen molar-refractivity contribution < 1.29 is 9.15 Å². The van der Waals surface area contributed by atoms with Crippen molar-refractivity contribution in [3.63, 3.8) is 0 Å². The van der Waals surface area contributed by atoms with E-state index in [0.717, 1.165) is 43.5 Å². The van der Waals surface area contributed by atoms with E-state index in [4.69, 9.17) is 15.6 Å². The van der Waals surface area contributed by atoms with Gasteiger partial charge in [0.2, 0.25) is 5.89 Å². The number of ether oxygens (including phenoxy) is 1. The van der Waals surface area contributed by atoms with Gasteiger partial charge in [-0.15, -0.1) is 6.42 Å². The first kappa shape index (κ1) is 14.0. The van der Waals surface area contributed by atoms with Crippen molar-refractivity contribution in [1.82, 2.24) is 10.3 Å². The molecule has 1 saturated heterocycles. The van der Waals surface area contributed by atoms with Crippen molar-refractivity contribution in [2.24, 2.45) is 11.8 Å². The van der Waals surface area contributed by atoms with Gasteiger partial charge in [0.25, 0.3) is 0 Å². The van der Waals surface area contributed by atoms with Crippen LogP contribution in [-0.4, -0.2) is 24.2 Å². The molecule has 3 atom stereocenters. The maximum Gasteiger partial charge on any atom is 0.234 e. The molecule has 1 saturated carbocycles. The third kappa shape index (κ3) is 3.03. The zero-order chi connectivity index (χ0) is 14.7. The Morgan fingerprint density at radius 1 is 1.48 bits per heavy atom. The Labute approximate surface area is 125 Å². The van der Waals surface area contributed by atoms with Crippen LogP contribution in [0.25, 0.3) is 5.57 Å². The lowest BCUT2D eigenvalue weighted by Gasteiger charge is -2.15. The monoisotopic (exact) mass is 284 g/mol. The molecule has 2 heterocycles.